The van der Waals surface area contributed by atoms with E-state index >= 15 is 0 Å². The average molecular weight is 593 g/mol. The fraction of sp³-hybridized carbons (Fsp3) is 0.136. The van der Waals surface area contributed by atoms with Crippen LogP contribution >= 0.6 is 0 Å². The summed E-state index contributed by atoms with van der Waals surface area (Å²) in [4.78, 5) is 9.42. The van der Waals surface area contributed by atoms with Gasteiger partial charge >= 0.3 is 0 Å². The Morgan fingerprint density at radius 1 is 0.435 bits per heavy atom. The molecule has 7 aromatic carbocycles. The average Bonchev–Trinajstić information content (AvgIpc) is 3.06. The predicted molar refractivity (Wildman–Crippen MR) is 196 cm³/mol. The molecule has 2 nitrogen and oxygen atoms in total. The Hall–Kier alpha value is -5.34. The third-order valence-electron chi connectivity index (χ3n) is 9.32. The molecule has 0 fully saturated rings. The number of aromatic nitrogens is 2. The van der Waals surface area contributed by atoms with Gasteiger partial charge in [-0.05, 0) is 103 Å². The topological polar surface area (TPSA) is 25.8 Å². The van der Waals surface area contributed by atoms with E-state index in [4.69, 9.17) is 9.97 Å². The SMILES string of the molecule is Cc1cc(C)nc(-c2ccc(-c3cc(-c4ccc(-c5ccccc5)cc4)c4ccc5cc(C(C)(C)C)cc6ccc3c4c56)cc2)n1. The highest BCUT2D eigenvalue weighted by atomic mass is 14.9. The zero-order chi connectivity index (χ0) is 31.6. The zero-order valence-corrected chi connectivity index (χ0v) is 27.0. The van der Waals surface area contributed by atoms with Crippen LogP contribution in [0.25, 0.3) is 77.1 Å². The summed E-state index contributed by atoms with van der Waals surface area (Å²) in [6.07, 6.45) is 0. The van der Waals surface area contributed by atoms with Gasteiger partial charge in [0.1, 0.15) is 0 Å². The molecule has 2 heteroatoms. The Bertz CT molecular complexity index is 2340. The van der Waals surface area contributed by atoms with Crippen molar-refractivity contribution in [3.8, 4) is 44.8 Å². The zero-order valence-electron chi connectivity index (χ0n) is 27.0. The summed E-state index contributed by atoms with van der Waals surface area (Å²) in [5, 5.41) is 7.82. The largest absolute Gasteiger partial charge is 0.233 e. The van der Waals surface area contributed by atoms with Gasteiger partial charge in [0.25, 0.3) is 0 Å². The van der Waals surface area contributed by atoms with E-state index in [1.54, 1.807) is 0 Å². The molecule has 0 saturated carbocycles. The number of hydrogen-bond acceptors (Lipinski definition) is 2. The lowest BCUT2D eigenvalue weighted by Gasteiger charge is -2.23. The maximum atomic E-state index is 4.71. The van der Waals surface area contributed by atoms with Crippen LogP contribution in [0.4, 0.5) is 0 Å². The van der Waals surface area contributed by atoms with Gasteiger partial charge in [0.2, 0.25) is 0 Å². The summed E-state index contributed by atoms with van der Waals surface area (Å²) in [6, 6.07) is 46.9. The van der Waals surface area contributed by atoms with Crippen molar-refractivity contribution in [2.24, 2.45) is 0 Å². The van der Waals surface area contributed by atoms with Crippen LogP contribution in [0.5, 0.6) is 0 Å². The molecule has 222 valence electrons. The Labute approximate surface area is 270 Å². The number of rotatable bonds is 4. The summed E-state index contributed by atoms with van der Waals surface area (Å²) < 4.78 is 0. The molecule has 0 amide bonds. The van der Waals surface area contributed by atoms with Crippen molar-refractivity contribution in [1.82, 2.24) is 9.97 Å². The molecule has 0 aliphatic carbocycles. The normalized spacial score (nSPS) is 12.0. The van der Waals surface area contributed by atoms with E-state index in [-0.39, 0.29) is 5.41 Å². The van der Waals surface area contributed by atoms with E-state index in [2.05, 4.69) is 142 Å². The van der Waals surface area contributed by atoms with Crippen molar-refractivity contribution in [2.75, 3.05) is 0 Å². The van der Waals surface area contributed by atoms with Crippen molar-refractivity contribution in [2.45, 2.75) is 40.0 Å². The van der Waals surface area contributed by atoms with Gasteiger partial charge in [0.15, 0.2) is 5.82 Å². The standard InChI is InChI=1S/C44H36N2/c1-27-23-28(2)46-43(45-27)33-17-15-32(16-18-33)40-26-39(31-13-11-30(12-14-31)29-9-7-6-8-10-29)37-21-19-34-24-36(44(3,4)5)25-35-20-22-38(40)42(37)41(34)35/h6-26H,1-5H3. The predicted octanol–water partition coefficient (Wildman–Crippen LogP) is 12.0. The van der Waals surface area contributed by atoms with Gasteiger partial charge in [-0.25, -0.2) is 9.97 Å². The Morgan fingerprint density at radius 3 is 1.43 bits per heavy atom. The Morgan fingerprint density at radius 2 is 0.913 bits per heavy atom. The van der Waals surface area contributed by atoms with Crippen LogP contribution in [0.15, 0.2) is 127 Å². The summed E-state index contributed by atoms with van der Waals surface area (Å²) in [6.45, 7) is 10.9. The Balaban J connectivity index is 1.36. The minimum Gasteiger partial charge on any atom is -0.233 e. The van der Waals surface area contributed by atoms with Gasteiger partial charge in [-0.15, -0.1) is 0 Å². The van der Waals surface area contributed by atoms with E-state index in [1.165, 1.54) is 71.3 Å². The highest BCUT2D eigenvalue weighted by Crippen LogP contribution is 2.45. The first-order valence-corrected chi connectivity index (χ1v) is 16.1. The van der Waals surface area contributed by atoms with Crippen LogP contribution in [-0.2, 0) is 5.41 Å². The van der Waals surface area contributed by atoms with Crippen LogP contribution in [0, 0.1) is 13.8 Å². The first-order valence-electron chi connectivity index (χ1n) is 16.1. The maximum Gasteiger partial charge on any atom is 0.159 e. The smallest absolute Gasteiger partial charge is 0.159 e. The molecular weight excluding hydrogens is 556 g/mol. The van der Waals surface area contributed by atoms with Crippen molar-refractivity contribution < 1.29 is 0 Å². The van der Waals surface area contributed by atoms with E-state index in [9.17, 15) is 0 Å². The van der Waals surface area contributed by atoms with E-state index in [0.717, 1.165) is 22.8 Å². The Kier molecular flexibility index (Phi) is 6.51. The summed E-state index contributed by atoms with van der Waals surface area (Å²) in [5.41, 5.74) is 11.8. The minimum atomic E-state index is 0.0720. The summed E-state index contributed by atoms with van der Waals surface area (Å²) in [5.74, 6) is 0.772. The number of benzene rings is 7. The molecule has 0 radical (unpaired) electrons. The maximum absolute atomic E-state index is 4.71. The second-order valence-corrected chi connectivity index (χ2v) is 13.6. The first-order chi connectivity index (χ1) is 22.2. The molecule has 0 atom stereocenters. The van der Waals surface area contributed by atoms with Crippen LogP contribution in [0.1, 0.15) is 37.7 Å². The first kappa shape index (κ1) is 28.2. The van der Waals surface area contributed by atoms with E-state index < -0.39 is 0 Å². The quantitative estimate of drug-likeness (QED) is 0.190. The van der Waals surface area contributed by atoms with Gasteiger partial charge < -0.3 is 0 Å². The third-order valence-corrected chi connectivity index (χ3v) is 9.32. The molecule has 1 aromatic heterocycles. The highest BCUT2D eigenvalue weighted by molar-refractivity contribution is 6.28. The molecule has 0 N–H and O–H groups in total. The molecule has 8 rings (SSSR count). The van der Waals surface area contributed by atoms with Gasteiger partial charge in [-0.2, -0.15) is 0 Å². The molecule has 0 aliphatic rings. The van der Waals surface area contributed by atoms with Crippen molar-refractivity contribution in [3.05, 3.63) is 144 Å². The molecular formula is C44H36N2. The van der Waals surface area contributed by atoms with Gasteiger partial charge in [0, 0.05) is 17.0 Å². The van der Waals surface area contributed by atoms with Gasteiger partial charge in [0.05, 0.1) is 0 Å². The number of hydrogen-bond donors (Lipinski definition) is 0. The third kappa shape index (κ3) is 4.82. The van der Waals surface area contributed by atoms with E-state index in [1.807, 2.05) is 19.9 Å². The molecule has 0 saturated heterocycles. The molecule has 0 unspecified atom stereocenters. The molecule has 46 heavy (non-hydrogen) atoms. The minimum absolute atomic E-state index is 0.0720. The fourth-order valence-electron chi connectivity index (χ4n) is 6.95. The van der Waals surface area contributed by atoms with Gasteiger partial charge in [-0.3, -0.25) is 0 Å². The van der Waals surface area contributed by atoms with Crippen LogP contribution in [0.3, 0.4) is 0 Å². The molecule has 8 aromatic rings. The lowest BCUT2D eigenvalue weighted by molar-refractivity contribution is 0.591. The number of aryl methyl sites for hydroxylation is 2. The number of nitrogens with zero attached hydrogens (tertiary/aromatic N) is 2. The van der Waals surface area contributed by atoms with Crippen molar-refractivity contribution in [1.29, 1.82) is 0 Å². The lowest BCUT2D eigenvalue weighted by atomic mass is 9.81. The summed E-state index contributed by atoms with van der Waals surface area (Å²) in [7, 11) is 0. The fourth-order valence-corrected chi connectivity index (χ4v) is 6.95. The van der Waals surface area contributed by atoms with Gasteiger partial charge in [-0.1, -0.05) is 136 Å². The second kappa shape index (κ2) is 10.6. The van der Waals surface area contributed by atoms with Crippen LogP contribution in [0.2, 0.25) is 0 Å². The van der Waals surface area contributed by atoms with Crippen LogP contribution in [-0.4, -0.2) is 9.97 Å². The van der Waals surface area contributed by atoms with Crippen molar-refractivity contribution >= 4 is 32.3 Å². The summed E-state index contributed by atoms with van der Waals surface area (Å²) >= 11 is 0. The molecule has 0 aliphatic heterocycles. The molecule has 1 heterocycles. The lowest BCUT2D eigenvalue weighted by Crippen LogP contribution is -2.10. The highest BCUT2D eigenvalue weighted by Gasteiger charge is 2.20. The van der Waals surface area contributed by atoms with Crippen molar-refractivity contribution in [3.63, 3.8) is 0 Å². The van der Waals surface area contributed by atoms with Crippen LogP contribution < -0.4 is 0 Å². The second-order valence-electron chi connectivity index (χ2n) is 13.6. The molecule has 0 bridgehead atoms. The molecule has 0 spiro atoms. The van der Waals surface area contributed by atoms with E-state index in [0.29, 0.717) is 0 Å². The monoisotopic (exact) mass is 592 g/mol.